The Balaban J connectivity index is 1.21. The van der Waals surface area contributed by atoms with Gasteiger partial charge in [-0.15, -0.1) is 0 Å². The molecule has 1 aromatic heterocycles. The molecule has 2 aromatic carbocycles. The zero-order valence-corrected chi connectivity index (χ0v) is 24.8. The van der Waals surface area contributed by atoms with E-state index in [1.165, 1.54) is 0 Å². The van der Waals surface area contributed by atoms with Gasteiger partial charge < -0.3 is 9.64 Å². The number of amides is 1. The van der Waals surface area contributed by atoms with Gasteiger partial charge in [0.15, 0.2) is 0 Å². The van der Waals surface area contributed by atoms with Crippen molar-refractivity contribution in [1.29, 1.82) is 0 Å². The molecule has 0 saturated carbocycles. The number of aromatic nitrogens is 1. The average Bonchev–Trinajstić information content (AvgIpc) is 3.02. The van der Waals surface area contributed by atoms with Crippen molar-refractivity contribution in [2.24, 2.45) is 26.8 Å². The lowest BCUT2D eigenvalue weighted by Crippen LogP contribution is -2.43. The Bertz CT molecular complexity index is 1550. The molecule has 212 valence electrons. The van der Waals surface area contributed by atoms with E-state index in [-0.39, 0.29) is 23.8 Å². The van der Waals surface area contributed by atoms with Crippen LogP contribution in [0.15, 0.2) is 116 Å². The summed E-state index contributed by atoms with van der Waals surface area (Å²) in [6.07, 6.45) is 14.4. The van der Waals surface area contributed by atoms with E-state index in [1.807, 2.05) is 90.3 Å². The molecule has 3 unspecified atom stereocenters. The number of fused-ring (bicyclic) bond motifs is 1. The normalized spacial score (nSPS) is 22.4. The standard InChI is InChI=1S/C34H32BrN5O2/c35-27-18-33-30(14-16-37-22-27)32(38-21-24-6-4-15-36-20-24)19-31(39-33)26-7-5-17-40(23-26)34(41)25-10-12-29(13-11-25)42-28-8-2-1-3-9-28/h1-4,6,8-13,15,18-22,26,30,33H,5,7,14,16-17,23H2. The van der Waals surface area contributed by atoms with Crippen LogP contribution in [0.2, 0.25) is 0 Å². The first-order valence-corrected chi connectivity index (χ1v) is 15.1. The molecule has 0 radical (unpaired) electrons. The SMILES string of the molecule is O=C(c1ccc(Oc2ccccc2)cc1)N1CCCC(C2=NC3C=C(Br)C=NCCC3C(N=Cc3cccnc3)=C2)C1. The van der Waals surface area contributed by atoms with Gasteiger partial charge in [0.2, 0.25) is 0 Å². The maximum atomic E-state index is 13.5. The van der Waals surface area contributed by atoms with Gasteiger partial charge in [-0.05, 0) is 89.8 Å². The number of carbonyl (C=O) groups is 1. The Morgan fingerprint density at radius 2 is 1.86 bits per heavy atom. The second-order valence-corrected chi connectivity index (χ2v) is 11.6. The van der Waals surface area contributed by atoms with Crippen LogP contribution < -0.4 is 4.74 Å². The molecular weight excluding hydrogens is 590 g/mol. The highest BCUT2D eigenvalue weighted by atomic mass is 79.9. The predicted molar refractivity (Wildman–Crippen MR) is 171 cm³/mol. The molecule has 1 amide bonds. The Kier molecular flexibility index (Phi) is 8.80. The van der Waals surface area contributed by atoms with Gasteiger partial charge in [-0.25, -0.2) is 0 Å². The summed E-state index contributed by atoms with van der Waals surface area (Å²) in [6.45, 7) is 2.07. The van der Waals surface area contributed by atoms with Gasteiger partial charge in [0.25, 0.3) is 5.91 Å². The van der Waals surface area contributed by atoms with Crippen LogP contribution in [0.25, 0.3) is 0 Å². The summed E-state index contributed by atoms with van der Waals surface area (Å²) in [5.74, 6) is 1.77. The third-order valence-electron chi connectivity index (χ3n) is 7.75. The highest BCUT2D eigenvalue weighted by molar-refractivity contribution is 9.12. The molecule has 0 aliphatic carbocycles. The number of pyridine rings is 1. The Morgan fingerprint density at radius 3 is 2.67 bits per heavy atom. The van der Waals surface area contributed by atoms with Crippen LogP contribution in [-0.2, 0) is 0 Å². The maximum Gasteiger partial charge on any atom is 0.253 e. The molecule has 3 aliphatic rings. The first-order chi connectivity index (χ1) is 20.6. The van der Waals surface area contributed by atoms with E-state index in [4.69, 9.17) is 14.7 Å². The molecule has 4 heterocycles. The predicted octanol–water partition coefficient (Wildman–Crippen LogP) is 6.92. The third-order valence-corrected chi connectivity index (χ3v) is 8.22. The summed E-state index contributed by atoms with van der Waals surface area (Å²) in [5, 5.41) is 0. The number of piperidine rings is 1. The third kappa shape index (κ3) is 6.82. The number of rotatable bonds is 6. The second-order valence-electron chi connectivity index (χ2n) is 10.7. The maximum absolute atomic E-state index is 13.5. The van der Waals surface area contributed by atoms with Crippen LogP contribution in [-0.4, -0.2) is 59.6 Å². The van der Waals surface area contributed by atoms with Crippen LogP contribution in [0.4, 0.5) is 0 Å². The first-order valence-electron chi connectivity index (χ1n) is 14.4. The summed E-state index contributed by atoms with van der Waals surface area (Å²) in [5.41, 5.74) is 3.62. The summed E-state index contributed by atoms with van der Waals surface area (Å²) in [6, 6.07) is 20.9. The number of carbonyl (C=O) groups excluding carboxylic acids is 1. The number of aliphatic imine (C=N–C) groups is 3. The van der Waals surface area contributed by atoms with Gasteiger partial charge in [0.05, 0.1) is 6.04 Å². The van der Waals surface area contributed by atoms with Crippen LogP contribution in [0.3, 0.4) is 0 Å². The minimum atomic E-state index is -0.0459. The molecule has 0 N–H and O–H groups in total. The van der Waals surface area contributed by atoms with Crippen molar-refractivity contribution >= 4 is 40.0 Å². The average molecular weight is 623 g/mol. The fourth-order valence-electron chi connectivity index (χ4n) is 5.61. The van der Waals surface area contributed by atoms with Crippen LogP contribution in [0.1, 0.15) is 35.2 Å². The minimum absolute atomic E-state index is 0.0313. The fourth-order valence-corrected chi connectivity index (χ4v) is 6.03. The lowest BCUT2D eigenvalue weighted by atomic mass is 9.84. The van der Waals surface area contributed by atoms with Gasteiger partial charge in [0, 0.05) is 83.3 Å². The van der Waals surface area contributed by atoms with E-state index in [9.17, 15) is 4.79 Å². The number of allylic oxidation sites excluding steroid dienone is 2. The van der Waals surface area contributed by atoms with Crippen LogP contribution in [0, 0.1) is 11.8 Å². The van der Waals surface area contributed by atoms with Gasteiger partial charge in [-0.1, -0.05) is 24.3 Å². The van der Waals surface area contributed by atoms with Gasteiger partial charge in [-0.2, -0.15) is 0 Å². The van der Waals surface area contributed by atoms with Crippen molar-refractivity contribution in [3.05, 3.63) is 113 Å². The second kappa shape index (κ2) is 13.2. The Labute approximate surface area is 254 Å². The lowest BCUT2D eigenvalue weighted by molar-refractivity contribution is 0.0703. The van der Waals surface area contributed by atoms with E-state index in [2.05, 4.69) is 38.1 Å². The zero-order chi connectivity index (χ0) is 28.7. The van der Waals surface area contributed by atoms with Crippen molar-refractivity contribution in [3.8, 4) is 11.5 Å². The lowest BCUT2D eigenvalue weighted by Gasteiger charge is -2.36. The van der Waals surface area contributed by atoms with Gasteiger partial charge in [0.1, 0.15) is 11.5 Å². The number of para-hydroxylation sites is 1. The number of likely N-dealkylation sites (tertiary alicyclic amines) is 1. The monoisotopic (exact) mass is 621 g/mol. The summed E-state index contributed by atoms with van der Waals surface area (Å²) in [4.78, 5) is 34.4. The highest BCUT2D eigenvalue weighted by Gasteiger charge is 2.33. The van der Waals surface area contributed by atoms with E-state index >= 15 is 0 Å². The topological polar surface area (TPSA) is 79.5 Å². The molecule has 6 rings (SSSR count). The molecule has 3 aliphatic heterocycles. The molecule has 8 heteroatoms. The first kappa shape index (κ1) is 28.0. The molecular formula is C34H32BrN5O2. The number of hydrogen-bond donors (Lipinski definition) is 0. The molecule has 0 bridgehead atoms. The molecule has 0 spiro atoms. The number of ether oxygens (including phenoxy) is 1. The number of halogens is 1. The van der Waals surface area contributed by atoms with E-state index in [0.29, 0.717) is 17.9 Å². The van der Waals surface area contributed by atoms with E-state index in [0.717, 1.165) is 59.6 Å². The van der Waals surface area contributed by atoms with Crippen molar-refractivity contribution in [2.75, 3.05) is 19.6 Å². The van der Waals surface area contributed by atoms with Crippen LogP contribution >= 0.6 is 15.9 Å². The molecule has 1 fully saturated rings. The molecule has 7 nitrogen and oxygen atoms in total. The van der Waals surface area contributed by atoms with Gasteiger partial charge >= 0.3 is 0 Å². The van der Waals surface area contributed by atoms with E-state index in [1.54, 1.807) is 6.20 Å². The quantitative estimate of drug-likeness (QED) is 0.280. The summed E-state index contributed by atoms with van der Waals surface area (Å²) < 4.78 is 6.83. The largest absolute Gasteiger partial charge is 0.457 e. The number of nitrogens with zero attached hydrogens (tertiary/aromatic N) is 5. The molecule has 3 aromatic rings. The Morgan fingerprint density at radius 1 is 1.02 bits per heavy atom. The minimum Gasteiger partial charge on any atom is -0.457 e. The summed E-state index contributed by atoms with van der Waals surface area (Å²) in [7, 11) is 0. The molecule has 1 saturated heterocycles. The smallest absolute Gasteiger partial charge is 0.253 e. The zero-order valence-electron chi connectivity index (χ0n) is 23.2. The van der Waals surface area contributed by atoms with Crippen molar-refractivity contribution < 1.29 is 9.53 Å². The fraction of sp³-hybridized carbons (Fsp3) is 0.265. The van der Waals surface area contributed by atoms with Crippen LogP contribution in [0.5, 0.6) is 11.5 Å². The van der Waals surface area contributed by atoms with Crippen molar-refractivity contribution in [3.63, 3.8) is 0 Å². The number of hydrogen-bond acceptors (Lipinski definition) is 6. The van der Waals surface area contributed by atoms with Crippen molar-refractivity contribution in [1.82, 2.24) is 9.88 Å². The van der Waals surface area contributed by atoms with Gasteiger partial charge in [-0.3, -0.25) is 24.8 Å². The highest BCUT2D eigenvalue weighted by Crippen LogP contribution is 2.33. The number of dihydropyridines is 1. The number of benzene rings is 2. The Hall–Kier alpha value is -4.17. The molecule has 3 atom stereocenters. The summed E-state index contributed by atoms with van der Waals surface area (Å²) >= 11 is 3.64. The molecule has 42 heavy (non-hydrogen) atoms. The van der Waals surface area contributed by atoms with E-state index < -0.39 is 0 Å². The van der Waals surface area contributed by atoms with Crippen molar-refractivity contribution in [2.45, 2.75) is 25.3 Å².